The number of halogens is 2. The van der Waals surface area contributed by atoms with E-state index in [0.717, 1.165) is 31.1 Å². The summed E-state index contributed by atoms with van der Waals surface area (Å²) < 4.78 is 25.6. The average molecular weight is 242 g/mol. The SMILES string of the molecule is CCC(CNC)CNCc1ccc(F)c(F)c1. The van der Waals surface area contributed by atoms with Crippen LogP contribution in [0.4, 0.5) is 8.78 Å². The predicted octanol–water partition coefficient (Wildman–Crippen LogP) is 2.30. The third-order valence-electron chi connectivity index (χ3n) is 2.82. The van der Waals surface area contributed by atoms with Crippen LogP contribution in [0.5, 0.6) is 0 Å². The fraction of sp³-hybridized carbons (Fsp3) is 0.538. The van der Waals surface area contributed by atoms with Crippen molar-refractivity contribution in [2.75, 3.05) is 20.1 Å². The van der Waals surface area contributed by atoms with Gasteiger partial charge in [0.05, 0.1) is 0 Å². The topological polar surface area (TPSA) is 24.1 Å². The van der Waals surface area contributed by atoms with Gasteiger partial charge in [-0.25, -0.2) is 8.78 Å². The highest BCUT2D eigenvalue weighted by Crippen LogP contribution is 2.08. The highest BCUT2D eigenvalue weighted by atomic mass is 19.2. The normalized spacial score (nSPS) is 12.7. The molecule has 0 fully saturated rings. The van der Waals surface area contributed by atoms with Gasteiger partial charge in [0.1, 0.15) is 0 Å². The first-order valence-corrected chi connectivity index (χ1v) is 5.96. The Morgan fingerprint density at radius 3 is 2.53 bits per heavy atom. The second-order valence-electron chi connectivity index (χ2n) is 4.21. The molecule has 0 aliphatic carbocycles. The van der Waals surface area contributed by atoms with Crippen molar-refractivity contribution in [1.82, 2.24) is 10.6 Å². The van der Waals surface area contributed by atoms with Crippen molar-refractivity contribution in [1.29, 1.82) is 0 Å². The molecule has 4 heteroatoms. The van der Waals surface area contributed by atoms with Gasteiger partial charge in [-0.1, -0.05) is 19.4 Å². The lowest BCUT2D eigenvalue weighted by molar-refractivity contribution is 0.443. The minimum Gasteiger partial charge on any atom is -0.319 e. The van der Waals surface area contributed by atoms with Gasteiger partial charge in [0.25, 0.3) is 0 Å². The lowest BCUT2D eigenvalue weighted by Gasteiger charge is -2.15. The van der Waals surface area contributed by atoms with E-state index in [1.807, 2.05) is 7.05 Å². The van der Waals surface area contributed by atoms with Gasteiger partial charge in [0.15, 0.2) is 11.6 Å². The fourth-order valence-corrected chi connectivity index (χ4v) is 1.72. The van der Waals surface area contributed by atoms with Crippen LogP contribution in [0.3, 0.4) is 0 Å². The Bertz CT molecular complexity index is 342. The number of nitrogens with one attached hydrogen (secondary N) is 2. The molecule has 0 saturated carbocycles. The molecular weight excluding hydrogens is 222 g/mol. The molecule has 0 saturated heterocycles. The van der Waals surface area contributed by atoms with Crippen LogP contribution in [0, 0.1) is 17.6 Å². The largest absolute Gasteiger partial charge is 0.319 e. The van der Waals surface area contributed by atoms with Crippen molar-refractivity contribution >= 4 is 0 Å². The molecule has 96 valence electrons. The van der Waals surface area contributed by atoms with Crippen LogP contribution >= 0.6 is 0 Å². The van der Waals surface area contributed by atoms with E-state index in [4.69, 9.17) is 0 Å². The molecular formula is C13H20F2N2. The van der Waals surface area contributed by atoms with E-state index in [2.05, 4.69) is 17.6 Å². The quantitative estimate of drug-likeness (QED) is 0.766. The van der Waals surface area contributed by atoms with E-state index in [0.29, 0.717) is 12.5 Å². The Labute approximate surface area is 101 Å². The van der Waals surface area contributed by atoms with Crippen molar-refractivity contribution in [2.45, 2.75) is 19.9 Å². The fourth-order valence-electron chi connectivity index (χ4n) is 1.72. The van der Waals surface area contributed by atoms with Crippen LogP contribution in [0.25, 0.3) is 0 Å². The molecule has 0 bridgehead atoms. The van der Waals surface area contributed by atoms with Crippen LogP contribution in [-0.4, -0.2) is 20.1 Å². The van der Waals surface area contributed by atoms with E-state index in [1.165, 1.54) is 6.07 Å². The van der Waals surface area contributed by atoms with E-state index >= 15 is 0 Å². The molecule has 1 unspecified atom stereocenters. The summed E-state index contributed by atoms with van der Waals surface area (Å²) in [4.78, 5) is 0. The highest BCUT2D eigenvalue weighted by molar-refractivity contribution is 5.17. The molecule has 0 aromatic heterocycles. The monoisotopic (exact) mass is 242 g/mol. The van der Waals surface area contributed by atoms with Crippen molar-refractivity contribution in [3.63, 3.8) is 0 Å². The minimum atomic E-state index is -0.796. The molecule has 2 nitrogen and oxygen atoms in total. The molecule has 0 spiro atoms. The summed E-state index contributed by atoms with van der Waals surface area (Å²) in [6, 6.07) is 4.00. The van der Waals surface area contributed by atoms with E-state index in [9.17, 15) is 8.78 Å². The summed E-state index contributed by atoms with van der Waals surface area (Å²) in [5.74, 6) is -1.02. The maximum Gasteiger partial charge on any atom is 0.159 e. The number of benzene rings is 1. The van der Waals surface area contributed by atoms with Crippen LogP contribution in [0.15, 0.2) is 18.2 Å². The van der Waals surface area contributed by atoms with Crippen LogP contribution in [0.1, 0.15) is 18.9 Å². The molecule has 17 heavy (non-hydrogen) atoms. The summed E-state index contributed by atoms with van der Waals surface area (Å²) >= 11 is 0. The Hall–Kier alpha value is -1.00. The molecule has 0 aliphatic rings. The van der Waals surface area contributed by atoms with Crippen LogP contribution < -0.4 is 10.6 Å². The molecule has 1 aromatic carbocycles. The maximum absolute atomic E-state index is 12.9. The molecule has 1 rings (SSSR count). The zero-order valence-electron chi connectivity index (χ0n) is 10.4. The molecule has 0 aliphatic heterocycles. The number of rotatable bonds is 7. The first kappa shape index (κ1) is 14.1. The Balaban J connectivity index is 2.37. The number of hydrogen-bond acceptors (Lipinski definition) is 2. The van der Waals surface area contributed by atoms with Crippen molar-refractivity contribution in [3.8, 4) is 0 Å². The van der Waals surface area contributed by atoms with Crippen molar-refractivity contribution in [2.24, 2.45) is 5.92 Å². The van der Waals surface area contributed by atoms with E-state index in [-0.39, 0.29) is 0 Å². The molecule has 0 amide bonds. The van der Waals surface area contributed by atoms with Gasteiger partial charge in [-0.15, -0.1) is 0 Å². The lowest BCUT2D eigenvalue weighted by Crippen LogP contribution is -2.29. The second kappa shape index (κ2) is 7.35. The van der Waals surface area contributed by atoms with Crippen molar-refractivity contribution < 1.29 is 8.78 Å². The van der Waals surface area contributed by atoms with E-state index < -0.39 is 11.6 Å². The Morgan fingerprint density at radius 2 is 1.94 bits per heavy atom. The number of hydrogen-bond donors (Lipinski definition) is 2. The molecule has 1 atom stereocenters. The van der Waals surface area contributed by atoms with Gasteiger partial charge in [0, 0.05) is 6.54 Å². The summed E-state index contributed by atoms with van der Waals surface area (Å²) in [5.41, 5.74) is 0.767. The van der Waals surface area contributed by atoms with E-state index in [1.54, 1.807) is 6.07 Å². The lowest BCUT2D eigenvalue weighted by atomic mass is 10.1. The minimum absolute atomic E-state index is 0.560. The second-order valence-corrected chi connectivity index (χ2v) is 4.21. The Kier molecular flexibility index (Phi) is 6.08. The molecule has 0 radical (unpaired) electrons. The standard InChI is InChI=1S/C13H20F2N2/c1-3-10(7-16-2)8-17-9-11-4-5-12(14)13(15)6-11/h4-6,10,16-17H,3,7-9H2,1-2H3. The summed E-state index contributed by atoms with van der Waals surface area (Å²) in [7, 11) is 1.93. The van der Waals surface area contributed by atoms with Crippen LogP contribution in [0.2, 0.25) is 0 Å². The zero-order chi connectivity index (χ0) is 12.7. The third-order valence-corrected chi connectivity index (χ3v) is 2.82. The Morgan fingerprint density at radius 1 is 1.18 bits per heavy atom. The smallest absolute Gasteiger partial charge is 0.159 e. The zero-order valence-corrected chi connectivity index (χ0v) is 10.4. The van der Waals surface area contributed by atoms with Crippen molar-refractivity contribution in [3.05, 3.63) is 35.4 Å². The van der Waals surface area contributed by atoms with Gasteiger partial charge in [-0.3, -0.25) is 0 Å². The van der Waals surface area contributed by atoms with Gasteiger partial charge in [-0.2, -0.15) is 0 Å². The van der Waals surface area contributed by atoms with Gasteiger partial charge < -0.3 is 10.6 Å². The van der Waals surface area contributed by atoms with Gasteiger partial charge in [-0.05, 0) is 43.8 Å². The maximum atomic E-state index is 12.9. The first-order chi connectivity index (χ1) is 8.17. The van der Waals surface area contributed by atoms with Gasteiger partial charge in [0.2, 0.25) is 0 Å². The highest BCUT2D eigenvalue weighted by Gasteiger charge is 2.05. The predicted molar refractivity (Wildman–Crippen MR) is 65.8 cm³/mol. The summed E-state index contributed by atoms with van der Waals surface area (Å²) in [6.07, 6.45) is 1.09. The van der Waals surface area contributed by atoms with Gasteiger partial charge >= 0.3 is 0 Å². The first-order valence-electron chi connectivity index (χ1n) is 5.96. The summed E-state index contributed by atoms with van der Waals surface area (Å²) in [5, 5.41) is 6.39. The molecule has 2 N–H and O–H groups in total. The van der Waals surface area contributed by atoms with Crippen LogP contribution in [-0.2, 0) is 6.54 Å². The summed E-state index contributed by atoms with van der Waals surface area (Å²) in [6.45, 7) is 4.54. The molecule has 1 aromatic rings. The third kappa shape index (κ3) is 4.79. The molecule has 0 heterocycles. The average Bonchev–Trinajstić information content (AvgIpc) is 2.32.